The fraction of sp³-hybridized carbons (Fsp3) is 0.871. The van der Waals surface area contributed by atoms with Crippen molar-refractivity contribution in [3.05, 3.63) is 0 Å². The highest BCUT2D eigenvalue weighted by Crippen LogP contribution is 2.07. The van der Waals surface area contributed by atoms with Gasteiger partial charge in [-0.3, -0.25) is 9.59 Å². The van der Waals surface area contributed by atoms with Crippen molar-refractivity contribution in [1.82, 2.24) is 20.4 Å². The molecule has 0 radical (unpaired) electrons. The maximum Gasteiger partial charge on any atom is 0.407 e. The minimum absolute atomic E-state index is 0.0751. The Hall–Kier alpha value is -2.60. The molecular weight excluding hydrogens is 556 g/mol. The van der Waals surface area contributed by atoms with E-state index < -0.39 is 12.2 Å². The minimum atomic E-state index is -0.442. The second-order valence-electron chi connectivity index (χ2n) is 10.9. The number of hydrogen-bond acceptors (Lipinski definition) is 10. The number of nitrogens with zero attached hydrogens (tertiary/aromatic N) is 2. The summed E-state index contributed by atoms with van der Waals surface area (Å²) in [6.45, 7) is 11.8. The second kappa shape index (κ2) is 27.0. The Kier molecular flexibility index (Phi) is 25.4. The van der Waals surface area contributed by atoms with Crippen LogP contribution in [0.15, 0.2) is 0 Å². The molecule has 2 unspecified atom stereocenters. The van der Waals surface area contributed by atoms with Crippen LogP contribution in [-0.4, -0.2) is 113 Å². The molecule has 0 rings (SSSR count). The molecule has 12 heteroatoms. The topological polar surface area (TPSA) is 136 Å². The summed E-state index contributed by atoms with van der Waals surface area (Å²) in [4.78, 5) is 52.5. The lowest BCUT2D eigenvalue weighted by molar-refractivity contribution is -0.144. The quantitative estimate of drug-likeness (QED) is 0.0812. The van der Waals surface area contributed by atoms with Gasteiger partial charge in [0.2, 0.25) is 0 Å². The summed E-state index contributed by atoms with van der Waals surface area (Å²) in [6, 6.07) is 0. The second-order valence-corrected chi connectivity index (χ2v) is 10.9. The monoisotopic (exact) mass is 616 g/mol. The molecule has 0 aromatic rings. The number of rotatable bonds is 26. The number of amides is 2. The molecule has 0 saturated carbocycles. The van der Waals surface area contributed by atoms with Crippen molar-refractivity contribution in [1.29, 1.82) is 0 Å². The normalized spacial score (nSPS) is 12.5. The predicted molar refractivity (Wildman–Crippen MR) is 167 cm³/mol. The molecule has 0 bridgehead atoms. The Labute approximate surface area is 259 Å². The van der Waals surface area contributed by atoms with Gasteiger partial charge in [0.1, 0.15) is 12.2 Å². The van der Waals surface area contributed by atoms with Gasteiger partial charge in [0, 0.05) is 26.2 Å². The van der Waals surface area contributed by atoms with Crippen molar-refractivity contribution >= 4 is 24.1 Å². The van der Waals surface area contributed by atoms with E-state index >= 15 is 0 Å². The van der Waals surface area contributed by atoms with Gasteiger partial charge in [-0.1, -0.05) is 40.5 Å². The average molecular weight is 617 g/mol. The van der Waals surface area contributed by atoms with E-state index in [4.69, 9.17) is 18.9 Å². The summed E-state index contributed by atoms with van der Waals surface area (Å²) in [5, 5.41) is 5.39. The fourth-order valence-electron chi connectivity index (χ4n) is 4.21. The number of esters is 2. The van der Waals surface area contributed by atoms with E-state index in [0.29, 0.717) is 39.0 Å². The lowest BCUT2D eigenvalue weighted by atomic mass is 10.2. The summed E-state index contributed by atoms with van der Waals surface area (Å²) >= 11 is 0. The smallest absolute Gasteiger partial charge is 0.407 e. The van der Waals surface area contributed by atoms with Gasteiger partial charge >= 0.3 is 24.1 Å². The Balaban J connectivity index is 4.27. The molecule has 0 fully saturated rings. The van der Waals surface area contributed by atoms with Crippen molar-refractivity contribution in [2.75, 3.05) is 66.6 Å². The highest BCUT2D eigenvalue weighted by atomic mass is 16.6. The van der Waals surface area contributed by atoms with E-state index in [-0.39, 0.29) is 50.2 Å². The summed E-state index contributed by atoms with van der Waals surface area (Å²) in [5.41, 5.74) is 0. The molecule has 43 heavy (non-hydrogen) atoms. The molecular formula is C31H60N4O8. The van der Waals surface area contributed by atoms with Crippen molar-refractivity contribution in [3.8, 4) is 0 Å². The number of carbonyl (C=O) groups excluding carboxylic acids is 4. The third kappa shape index (κ3) is 24.5. The summed E-state index contributed by atoms with van der Waals surface area (Å²) in [6.07, 6.45) is 6.42. The van der Waals surface area contributed by atoms with Crippen molar-refractivity contribution in [2.24, 2.45) is 0 Å². The van der Waals surface area contributed by atoms with Crippen LogP contribution in [0.4, 0.5) is 9.59 Å². The Morgan fingerprint density at radius 2 is 1.07 bits per heavy atom. The van der Waals surface area contributed by atoms with Crippen LogP contribution in [0.2, 0.25) is 0 Å². The first kappa shape index (κ1) is 40.4. The molecule has 2 N–H and O–H groups in total. The zero-order valence-electron chi connectivity index (χ0n) is 27.8. The Morgan fingerprint density at radius 1 is 0.628 bits per heavy atom. The SMILES string of the molecule is CCCC(CC)OC(=O)NCCCOC(=O)CCN(CCCN(C)C)CCC(=O)OCCCNC(=O)OC(CC)CCC. The van der Waals surface area contributed by atoms with Crippen LogP contribution in [0, 0.1) is 0 Å². The number of carbonyl (C=O) groups is 4. The Morgan fingerprint density at radius 3 is 1.44 bits per heavy atom. The maximum absolute atomic E-state index is 12.3. The van der Waals surface area contributed by atoms with Gasteiger partial charge in [0.05, 0.1) is 26.1 Å². The molecule has 2 atom stereocenters. The predicted octanol–water partition coefficient (Wildman–Crippen LogP) is 4.50. The van der Waals surface area contributed by atoms with Gasteiger partial charge in [-0.05, 0) is 72.1 Å². The van der Waals surface area contributed by atoms with E-state index in [2.05, 4.69) is 34.3 Å². The van der Waals surface area contributed by atoms with Crippen LogP contribution in [0.1, 0.15) is 98.3 Å². The van der Waals surface area contributed by atoms with Gasteiger partial charge in [0.25, 0.3) is 0 Å². The fourth-order valence-corrected chi connectivity index (χ4v) is 4.21. The van der Waals surface area contributed by atoms with Crippen molar-refractivity contribution in [2.45, 2.75) is 111 Å². The molecule has 0 aliphatic heterocycles. The van der Waals surface area contributed by atoms with Crippen LogP contribution < -0.4 is 10.6 Å². The van der Waals surface area contributed by atoms with E-state index in [0.717, 1.165) is 58.0 Å². The van der Waals surface area contributed by atoms with Crippen LogP contribution in [-0.2, 0) is 28.5 Å². The summed E-state index contributed by atoms with van der Waals surface area (Å²) in [7, 11) is 4.01. The lowest BCUT2D eigenvalue weighted by Gasteiger charge is -2.22. The zero-order chi connectivity index (χ0) is 32.3. The minimum Gasteiger partial charge on any atom is -0.466 e. The average Bonchev–Trinajstić information content (AvgIpc) is 2.97. The molecule has 0 aromatic heterocycles. The van der Waals surface area contributed by atoms with Crippen LogP contribution in [0.25, 0.3) is 0 Å². The molecule has 0 aromatic carbocycles. The highest BCUT2D eigenvalue weighted by molar-refractivity contribution is 5.70. The van der Waals surface area contributed by atoms with E-state index in [9.17, 15) is 19.2 Å². The molecule has 0 aliphatic carbocycles. The largest absolute Gasteiger partial charge is 0.466 e. The third-order valence-electron chi connectivity index (χ3n) is 6.73. The van der Waals surface area contributed by atoms with Crippen molar-refractivity contribution in [3.63, 3.8) is 0 Å². The van der Waals surface area contributed by atoms with Crippen LogP contribution >= 0.6 is 0 Å². The van der Waals surface area contributed by atoms with Gasteiger partial charge in [0.15, 0.2) is 0 Å². The zero-order valence-corrected chi connectivity index (χ0v) is 27.8. The first-order chi connectivity index (χ1) is 20.6. The summed E-state index contributed by atoms with van der Waals surface area (Å²) < 4.78 is 21.4. The third-order valence-corrected chi connectivity index (χ3v) is 6.73. The molecule has 12 nitrogen and oxygen atoms in total. The number of nitrogens with one attached hydrogen (secondary N) is 2. The molecule has 0 heterocycles. The van der Waals surface area contributed by atoms with Gasteiger partial charge < -0.3 is 39.4 Å². The number of ether oxygens (including phenoxy) is 4. The first-order valence-corrected chi connectivity index (χ1v) is 16.2. The van der Waals surface area contributed by atoms with Crippen LogP contribution in [0.5, 0.6) is 0 Å². The maximum atomic E-state index is 12.3. The van der Waals surface area contributed by atoms with Gasteiger partial charge in [-0.2, -0.15) is 0 Å². The van der Waals surface area contributed by atoms with Crippen LogP contribution in [0.3, 0.4) is 0 Å². The van der Waals surface area contributed by atoms with E-state index in [1.54, 1.807) is 0 Å². The molecule has 252 valence electrons. The van der Waals surface area contributed by atoms with Crippen molar-refractivity contribution < 1.29 is 38.1 Å². The number of alkyl carbamates (subject to hydrolysis) is 2. The lowest BCUT2D eigenvalue weighted by Crippen LogP contribution is -2.32. The highest BCUT2D eigenvalue weighted by Gasteiger charge is 2.14. The van der Waals surface area contributed by atoms with Gasteiger partial charge in [-0.25, -0.2) is 9.59 Å². The standard InChI is InChI=1S/C31H60N4O8/c1-7-14-26(9-3)42-30(38)32-18-11-24-40-28(36)16-22-35(21-13-20-34(5)6)23-17-29(37)41-25-12-19-33-31(39)43-27(10-4)15-8-2/h26-27H,7-25H2,1-6H3,(H,32,38)(H,33,39). The van der Waals surface area contributed by atoms with E-state index in [1.807, 2.05) is 27.9 Å². The van der Waals surface area contributed by atoms with E-state index in [1.165, 1.54) is 0 Å². The first-order valence-electron chi connectivity index (χ1n) is 16.2. The molecule has 0 spiro atoms. The molecule has 0 saturated heterocycles. The molecule has 0 aliphatic rings. The molecule has 2 amide bonds. The summed E-state index contributed by atoms with van der Waals surface area (Å²) in [5.74, 6) is -0.634. The van der Waals surface area contributed by atoms with Gasteiger partial charge in [-0.15, -0.1) is 0 Å². The number of hydrogen-bond donors (Lipinski definition) is 2. The Bertz CT molecular complexity index is 699.